The average Bonchev–Trinajstić information content (AvgIpc) is 3.47. The summed E-state index contributed by atoms with van der Waals surface area (Å²) in [5.74, 6) is -0.260. The minimum Gasteiger partial charge on any atom is -0.337 e. The predicted octanol–water partition coefficient (Wildman–Crippen LogP) is 4.28. The molecule has 1 aromatic heterocycles. The molecule has 5 rings (SSSR count). The smallest absolute Gasteiger partial charge is 0.264 e. The van der Waals surface area contributed by atoms with E-state index in [2.05, 4.69) is 5.10 Å². The van der Waals surface area contributed by atoms with Crippen molar-refractivity contribution < 1.29 is 13.2 Å². The van der Waals surface area contributed by atoms with Crippen molar-refractivity contribution in [1.29, 1.82) is 0 Å². The molecule has 0 aliphatic carbocycles. The molecule has 7 nitrogen and oxygen atoms in total. The highest BCUT2D eigenvalue weighted by atomic mass is 32.2. The Morgan fingerprint density at radius 1 is 1.03 bits per heavy atom. The van der Waals surface area contributed by atoms with E-state index in [9.17, 15) is 13.2 Å². The van der Waals surface area contributed by atoms with Gasteiger partial charge in [0, 0.05) is 37.0 Å². The molecule has 1 atom stereocenters. The van der Waals surface area contributed by atoms with Crippen molar-refractivity contribution in [2.75, 3.05) is 11.4 Å². The summed E-state index contributed by atoms with van der Waals surface area (Å²) in [4.78, 5) is 14.8. The van der Waals surface area contributed by atoms with Gasteiger partial charge in [-0.2, -0.15) is 5.10 Å². The number of anilines is 1. The molecule has 0 saturated heterocycles. The number of carbonyl (C=O) groups excluding carboxylic acids is 1. The van der Waals surface area contributed by atoms with E-state index in [4.69, 9.17) is 0 Å². The summed E-state index contributed by atoms with van der Waals surface area (Å²) in [5, 5.41) is 4.38. The van der Waals surface area contributed by atoms with Crippen LogP contribution in [0.5, 0.6) is 0 Å². The maximum Gasteiger partial charge on any atom is 0.264 e. The summed E-state index contributed by atoms with van der Waals surface area (Å²) in [5.41, 5.74) is 3.83. The first-order chi connectivity index (χ1) is 16.8. The van der Waals surface area contributed by atoms with Crippen LogP contribution in [0.4, 0.5) is 5.69 Å². The number of benzene rings is 3. The normalized spacial score (nSPS) is 15.1. The molecule has 0 N–H and O–H groups in total. The van der Waals surface area contributed by atoms with Crippen molar-refractivity contribution in [2.45, 2.75) is 30.8 Å². The molecule has 1 amide bonds. The van der Waals surface area contributed by atoms with Gasteiger partial charge in [-0.15, -0.1) is 0 Å². The molecule has 2 heterocycles. The first-order valence-corrected chi connectivity index (χ1v) is 12.9. The number of fused-ring (bicyclic) bond motifs is 1. The monoisotopic (exact) mass is 486 g/mol. The minimum atomic E-state index is -3.82. The molecule has 3 aromatic carbocycles. The van der Waals surface area contributed by atoms with Crippen molar-refractivity contribution in [3.05, 3.63) is 108 Å². The Labute approximate surface area is 205 Å². The van der Waals surface area contributed by atoms with Crippen LogP contribution in [0.15, 0.2) is 96.2 Å². The quantitative estimate of drug-likeness (QED) is 0.408. The summed E-state index contributed by atoms with van der Waals surface area (Å²) < 4.78 is 30.4. The Hall–Kier alpha value is -3.91. The van der Waals surface area contributed by atoms with E-state index in [1.165, 1.54) is 10.4 Å². The first kappa shape index (κ1) is 22.9. The highest BCUT2D eigenvalue weighted by Gasteiger charge is 2.36. The van der Waals surface area contributed by atoms with Gasteiger partial charge in [0.1, 0.15) is 0 Å². The molecule has 0 bridgehead atoms. The van der Waals surface area contributed by atoms with Crippen LogP contribution in [0.3, 0.4) is 0 Å². The summed E-state index contributed by atoms with van der Waals surface area (Å²) in [6, 6.07) is 23.4. The molecule has 1 aliphatic heterocycles. The molecule has 178 valence electrons. The lowest BCUT2D eigenvalue weighted by molar-refractivity contribution is 0.0785. The van der Waals surface area contributed by atoms with Gasteiger partial charge in [-0.05, 0) is 55.3 Å². The molecule has 4 aromatic rings. The third-order valence-corrected chi connectivity index (χ3v) is 8.13. The molecule has 0 spiro atoms. The summed E-state index contributed by atoms with van der Waals surface area (Å²) >= 11 is 0. The standard InChI is InChI=1S/C27H26N4O3S/c1-20-15-22-9-6-7-14-26(22)31(20)35(33,34)25-13-8-10-23(16-25)27(32)29(2)18-21-17-28-30(19-21)24-11-4-3-5-12-24/h3-14,16-17,19-20H,15,18H2,1-2H3/t20-/m1/s1. The van der Waals surface area contributed by atoms with Gasteiger partial charge < -0.3 is 4.90 Å². The number of hydrogen-bond acceptors (Lipinski definition) is 4. The van der Waals surface area contributed by atoms with Crippen molar-refractivity contribution in [1.82, 2.24) is 14.7 Å². The van der Waals surface area contributed by atoms with Gasteiger partial charge in [-0.25, -0.2) is 13.1 Å². The largest absolute Gasteiger partial charge is 0.337 e. The molecule has 0 unspecified atom stereocenters. The van der Waals surface area contributed by atoms with Crippen LogP contribution < -0.4 is 4.31 Å². The number of hydrogen-bond donors (Lipinski definition) is 0. The lowest BCUT2D eigenvalue weighted by Gasteiger charge is -2.25. The molecule has 1 aliphatic rings. The van der Waals surface area contributed by atoms with E-state index in [-0.39, 0.29) is 16.8 Å². The summed E-state index contributed by atoms with van der Waals surface area (Å²) in [6.45, 7) is 2.25. The van der Waals surface area contributed by atoms with Crippen LogP contribution in [-0.2, 0) is 23.0 Å². The van der Waals surface area contributed by atoms with Crippen molar-refractivity contribution in [2.24, 2.45) is 0 Å². The van der Waals surface area contributed by atoms with Crippen LogP contribution in [0.1, 0.15) is 28.4 Å². The van der Waals surface area contributed by atoms with Crippen LogP contribution in [-0.4, -0.2) is 42.1 Å². The Balaban J connectivity index is 1.36. The number of amides is 1. The fraction of sp³-hybridized carbons (Fsp3) is 0.185. The van der Waals surface area contributed by atoms with E-state index in [1.807, 2.05) is 67.7 Å². The fourth-order valence-electron chi connectivity index (χ4n) is 4.54. The molecule has 8 heteroatoms. The van der Waals surface area contributed by atoms with E-state index in [1.54, 1.807) is 41.0 Å². The second-order valence-electron chi connectivity index (χ2n) is 8.80. The fourth-order valence-corrected chi connectivity index (χ4v) is 6.28. The second kappa shape index (κ2) is 9.03. The van der Waals surface area contributed by atoms with E-state index in [0.29, 0.717) is 24.2 Å². The Morgan fingerprint density at radius 2 is 1.77 bits per heavy atom. The highest BCUT2D eigenvalue weighted by Crippen LogP contribution is 2.36. The lowest BCUT2D eigenvalue weighted by Crippen LogP contribution is -2.36. The third-order valence-electron chi connectivity index (χ3n) is 6.21. The molecule has 0 fully saturated rings. The Kier molecular flexibility index (Phi) is 5.90. The molecule has 35 heavy (non-hydrogen) atoms. The van der Waals surface area contributed by atoms with Gasteiger partial charge in [-0.1, -0.05) is 42.5 Å². The van der Waals surface area contributed by atoms with Crippen molar-refractivity contribution in [3.63, 3.8) is 0 Å². The average molecular weight is 487 g/mol. The zero-order valence-corrected chi connectivity index (χ0v) is 20.4. The van der Waals surface area contributed by atoms with Gasteiger partial charge in [0.2, 0.25) is 0 Å². The van der Waals surface area contributed by atoms with E-state index < -0.39 is 10.0 Å². The van der Waals surface area contributed by atoms with Gasteiger partial charge >= 0.3 is 0 Å². The highest BCUT2D eigenvalue weighted by molar-refractivity contribution is 7.92. The number of sulfonamides is 1. The van der Waals surface area contributed by atoms with Crippen LogP contribution in [0.25, 0.3) is 5.69 Å². The maximum atomic E-state index is 13.6. The van der Waals surface area contributed by atoms with Gasteiger partial charge in [0.05, 0.1) is 22.5 Å². The Bertz CT molecular complexity index is 1480. The van der Waals surface area contributed by atoms with Crippen molar-refractivity contribution >= 4 is 21.6 Å². The first-order valence-electron chi connectivity index (χ1n) is 11.4. The molecule has 0 radical (unpaired) electrons. The van der Waals surface area contributed by atoms with Crippen LogP contribution in [0.2, 0.25) is 0 Å². The summed E-state index contributed by atoms with van der Waals surface area (Å²) in [7, 11) is -2.12. The van der Waals surface area contributed by atoms with Crippen molar-refractivity contribution in [3.8, 4) is 5.69 Å². The number of carbonyl (C=O) groups is 1. The molecular formula is C27H26N4O3S. The lowest BCUT2D eigenvalue weighted by atomic mass is 10.1. The minimum absolute atomic E-state index is 0.109. The predicted molar refractivity (Wildman–Crippen MR) is 135 cm³/mol. The number of nitrogens with zero attached hydrogens (tertiary/aromatic N) is 4. The second-order valence-corrected chi connectivity index (χ2v) is 10.6. The zero-order valence-electron chi connectivity index (χ0n) is 19.6. The van der Waals surface area contributed by atoms with E-state index >= 15 is 0 Å². The zero-order chi connectivity index (χ0) is 24.6. The topological polar surface area (TPSA) is 75.5 Å². The van der Waals surface area contributed by atoms with E-state index in [0.717, 1.165) is 16.8 Å². The van der Waals surface area contributed by atoms with Crippen LogP contribution in [0, 0.1) is 0 Å². The number of aromatic nitrogens is 2. The summed E-state index contributed by atoms with van der Waals surface area (Å²) in [6.07, 6.45) is 4.27. The van der Waals surface area contributed by atoms with Crippen LogP contribution >= 0.6 is 0 Å². The number of rotatable bonds is 6. The number of para-hydroxylation sites is 2. The third kappa shape index (κ3) is 4.33. The molecule has 0 saturated carbocycles. The van der Waals surface area contributed by atoms with Gasteiger partial charge in [0.25, 0.3) is 15.9 Å². The SMILES string of the molecule is C[C@@H]1Cc2ccccc2N1S(=O)(=O)c1cccc(C(=O)N(C)Cc2cnn(-c3ccccc3)c2)c1. The maximum absolute atomic E-state index is 13.6. The van der Waals surface area contributed by atoms with Gasteiger partial charge in [0.15, 0.2) is 0 Å². The Morgan fingerprint density at radius 3 is 2.57 bits per heavy atom. The molecular weight excluding hydrogens is 460 g/mol. The van der Waals surface area contributed by atoms with Gasteiger partial charge in [-0.3, -0.25) is 9.10 Å².